The van der Waals surface area contributed by atoms with Crippen molar-refractivity contribution in [1.82, 2.24) is 9.78 Å². The van der Waals surface area contributed by atoms with Gasteiger partial charge in [0.2, 0.25) is 0 Å². The number of aromatic nitrogens is 2. The van der Waals surface area contributed by atoms with Crippen LogP contribution < -0.4 is 5.56 Å². The monoisotopic (exact) mass is 469 g/mol. The lowest BCUT2D eigenvalue weighted by molar-refractivity contribution is -0.143. The first-order valence-corrected chi connectivity index (χ1v) is 9.47. The average molecular weight is 469 g/mol. The van der Waals surface area contributed by atoms with Gasteiger partial charge in [-0.3, -0.25) is 14.9 Å². The minimum absolute atomic E-state index is 0.0564. The van der Waals surface area contributed by atoms with Crippen molar-refractivity contribution in [3.8, 4) is 5.69 Å². The summed E-state index contributed by atoms with van der Waals surface area (Å²) in [6.45, 7) is 4.88. The second-order valence-corrected chi connectivity index (χ2v) is 7.49. The number of fused-ring (bicyclic) bond motifs is 1. The highest BCUT2D eigenvalue weighted by Crippen LogP contribution is 2.39. The molecule has 1 aliphatic rings. The molecule has 1 aromatic heterocycles. The van der Waals surface area contributed by atoms with Crippen molar-refractivity contribution in [2.45, 2.75) is 26.9 Å². The highest BCUT2D eigenvalue weighted by molar-refractivity contribution is 6.31. The maximum absolute atomic E-state index is 14.5. The van der Waals surface area contributed by atoms with E-state index >= 15 is 0 Å². The van der Waals surface area contributed by atoms with Gasteiger partial charge in [0.1, 0.15) is 11.3 Å². The van der Waals surface area contributed by atoms with Gasteiger partial charge in [-0.1, -0.05) is 18.2 Å². The summed E-state index contributed by atoms with van der Waals surface area (Å²) < 4.78 is 95.7. The van der Waals surface area contributed by atoms with Crippen molar-refractivity contribution < 1.29 is 30.7 Å². The summed E-state index contributed by atoms with van der Waals surface area (Å²) in [5.41, 5.74) is -2.19. The number of hydrogen-bond acceptors (Lipinski definition) is 2. The van der Waals surface area contributed by atoms with E-state index in [0.717, 1.165) is 5.56 Å². The maximum atomic E-state index is 14.5. The quantitative estimate of drug-likeness (QED) is 0.363. The first kappa shape index (κ1) is 22.6. The van der Waals surface area contributed by atoms with Gasteiger partial charge in [-0.05, 0) is 32.4 Å². The molecule has 33 heavy (non-hydrogen) atoms. The van der Waals surface area contributed by atoms with Crippen molar-refractivity contribution in [2.24, 2.45) is 4.99 Å². The first-order valence-electron chi connectivity index (χ1n) is 9.47. The largest absolute Gasteiger partial charge is 0.422 e. The van der Waals surface area contributed by atoms with Gasteiger partial charge in [-0.2, -0.15) is 13.2 Å². The summed E-state index contributed by atoms with van der Waals surface area (Å²) in [6, 6.07) is 5.37. The number of rotatable bonds is 2. The molecule has 0 saturated carbocycles. The molecule has 0 bridgehead atoms. The van der Waals surface area contributed by atoms with Crippen LogP contribution in [0, 0.1) is 37.1 Å². The Morgan fingerprint density at radius 3 is 2.15 bits per heavy atom. The van der Waals surface area contributed by atoms with Gasteiger partial charge in [0.25, 0.3) is 5.56 Å². The standard InChI is InChI=1S/C22H14F7N3O/c1-8-5-4-6-11-12(9(2)30-19(8)11)7-13-10(3)31-32(21(13)33)20-17(25)15(23)14(22(27,28)29)16(24)18(20)26/h4-7,31H,1-3H3. The van der Waals surface area contributed by atoms with Crippen molar-refractivity contribution in [2.75, 3.05) is 0 Å². The van der Waals surface area contributed by atoms with Gasteiger partial charge in [0, 0.05) is 22.5 Å². The summed E-state index contributed by atoms with van der Waals surface area (Å²) in [5.74, 6) is -10.0. The van der Waals surface area contributed by atoms with Crippen LogP contribution in [0.3, 0.4) is 0 Å². The van der Waals surface area contributed by atoms with Crippen LogP contribution in [0.1, 0.15) is 34.9 Å². The third-order valence-electron chi connectivity index (χ3n) is 5.35. The number of nitrogens with one attached hydrogen (secondary N) is 1. The van der Waals surface area contributed by atoms with E-state index in [1.165, 1.54) is 13.0 Å². The zero-order valence-electron chi connectivity index (χ0n) is 17.3. The fourth-order valence-corrected chi connectivity index (χ4v) is 3.73. The number of H-pyrrole nitrogens is 1. The minimum atomic E-state index is -5.69. The van der Waals surface area contributed by atoms with Crippen LogP contribution in [0.25, 0.3) is 17.3 Å². The van der Waals surface area contributed by atoms with Gasteiger partial charge >= 0.3 is 6.18 Å². The van der Waals surface area contributed by atoms with Crippen LogP contribution in [-0.2, 0) is 6.18 Å². The van der Waals surface area contributed by atoms with Gasteiger partial charge < -0.3 is 0 Å². The van der Waals surface area contributed by atoms with E-state index in [1.54, 1.807) is 19.1 Å². The number of para-hydroxylation sites is 1. The molecule has 0 radical (unpaired) electrons. The number of aliphatic imine (C=N–C) groups is 1. The number of aromatic amines is 1. The van der Waals surface area contributed by atoms with Crippen molar-refractivity contribution in [3.63, 3.8) is 0 Å². The molecule has 0 saturated heterocycles. The molecule has 2 aromatic carbocycles. The van der Waals surface area contributed by atoms with E-state index in [4.69, 9.17) is 0 Å². The molecule has 0 unspecified atom stereocenters. The predicted molar refractivity (Wildman–Crippen MR) is 108 cm³/mol. The Morgan fingerprint density at radius 1 is 0.970 bits per heavy atom. The summed E-state index contributed by atoms with van der Waals surface area (Å²) in [7, 11) is 0. The topological polar surface area (TPSA) is 50.1 Å². The van der Waals surface area contributed by atoms with Gasteiger partial charge in [-0.15, -0.1) is 0 Å². The normalized spacial score (nSPS) is 14.7. The van der Waals surface area contributed by atoms with Crippen LogP contribution in [0.4, 0.5) is 36.4 Å². The molecular weight excluding hydrogens is 455 g/mol. The Hall–Kier alpha value is -3.63. The molecule has 172 valence electrons. The second-order valence-electron chi connectivity index (χ2n) is 7.49. The highest BCUT2D eigenvalue weighted by atomic mass is 19.4. The van der Waals surface area contributed by atoms with Crippen LogP contribution in [0.5, 0.6) is 0 Å². The number of nitrogens with zero attached hydrogens (tertiary/aromatic N) is 2. The lowest BCUT2D eigenvalue weighted by Crippen LogP contribution is -2.23. The molecule has 3 aromatic rings. The van der Waals surface area contributed by atoms with Crippen molar-refractivity contribution in [3.05, 3.63) is 79.8 Å². The maximum Gasteiger partial charge on any atom is 0.422 e. The predicted octanol–water partition coefficient (Wildman–Crippen LogP) is 6.00. The van der Waals surface area contributed by atoms with Crippen LogP contribution in [0.15, 0.2) is 28.0 Å². The molecular formula is C22H14F7N3O. The summed E-state index contributed by atoms with van der Waals surface area (Å²) in [4.78, 5) is 17.4. The smallest absolute Gasteiger partial charge is 0.294 e. The Morgan fingerprint density at radius 2 is 1.58 bits per heavy atom. The zero-order chi connectivity index (χ0) is 24.4. The van der Waals surface area contributed by atoms with Crippen molar-refractivity contribution in [1.29, 1.82) is 0 Å². The Balaban J connectivity index is 1.94. The third kappa shape index (κ3) is 3.38. The number of benzene rings is 2. The third-order valence-corrected chi connectivity index (χ3v) is 5.35. The number of halogens is 7. The number of hydrogen-bond donors (Lipinski definition) is 1. The molecule has 1 N–H and O–H groups in total. The fraction of sp³-hybridized carbons (Fsp3) is 0.182. The fourth-order valence-electron chi connectivity index (χ4n) is 3.73. The first-order chi connectivity index (χ1) is 15.3. The van der Waals surface area contributed by atoms with E-state index in [-0.39, 0.29) is 15.9 Å². The number of aryl methyl sites for hydroxylation is 2. The molecule has 4 rings (SSSR count). The summed E-state index contributed by atoms with van der Waals surface area (Å²) >= 11 is 0. The number of allylic oxidation sites excluding steroid dienone is 1. The van der Waals surface area contributed by atoms with Gasteiger partial charge in [0.05, 0.1) is 11.3 Å². The minimum Gasteiger partial charge on any atom is -0.294 e. The lowest BCUT2D eigenvalue weighted by atomic mass is 9.99. The Kier molecular flexibility index (Phi) is 5.10. The number of alkyl halides is 3. The molecule has 2 heterocycles. The van der Waals surface area contributed by atoms with E-state index in [9.17, 15) is 35.5 Å². The SMILES string of the molecule is CC1=Nc2c(C)cccc2C1=Cc1c(C)[nH]n(-c2c(F)c(F)c(C(F)(F)F)c(F)c2F)c1=O. The molecule has 0 atom stereocenters. The molecule has 4 nitrogen and oxygen atoms in total. The molecule has 1 aliphatic heterocycles. The van der Waals surface area contributed by atoms with Crippen LogP contribution in [-0.4, -0.2) is 15.5 Å². The van der Waals surface area contributed by atoms with E-state index < -0.39 is 46.3 Å². The second kappa shape index (κ2) is 7.46. The summed E-state index contributed by atoms with van der Waals surface area (Å²) in [5, 5.41) is 2.27. The molecule has 0 amide bonds. The summed E-state index contributed by atoms with van der Waals surface area (Å²) in [6.07, 6.45) is -4.30. The van der Waals surface area contributed by atoms with E-state index in [2.05, 4.69) is 10.1 Å². The Bertz CT molecular complexity index is 1410. The van der Waals surface area contributed by atoms with E-state index in [0.29, 0.717) is 22.5 Å². The molecule has 0 spiro atoms. The van der Waals surface area contributed by atoms with Crippen molar-refractivity contribution >= 4 is 23.0 Å². The Labute approximate surface area is 181 Å². The molecule has 0 aliphatic carbocycles. The highest BCUT2D eigenvalue weighted by Gasteiger charge is 2.43. The van der Waals surface area contributed by atoms with E-state index in [1.807, 2.05) is 13.0 Å². The molecule has 0 fully saturated rings. The van der Waals surface area contributed by atoms with Crippen LogP contribution in [0.2, 0.25) is 0 Å². The van der Waals surface area contributed by atoms with Crippen LogP contribution >= 0.6 is 0 Å². The lowest BCUT2D eigenvalue weighted by Gasteiger charge is -2.14. The average Bonchev–Trinajstić information content (AvgIpc) is 3.18. The van der Waals surface area contributed by atoms with Gasteiger partial charge in [-0.25, -0.2) is 22.2 Å². The van der Waals surface area contributed by atoms with Gasteiger partial charge in [0.15, 0.2) is 23.3 Å². The zero-order valence-corrected chi connectivity index (χ0v) is 17.3. The molecule has 11 heteroatoms.